The van der Waals surface area contributed by atoms with Gasteiger partial charge in [0.25, 0.3) is 0 Å². The average molecular weight is 294 g/mol. The van der Waals surface area contributed by atoms with Crippen molar-refractivity contribution in [3.8, 4) is 11.5 Å². The molecule has 0 saturated heterocycles. The lowest BCUT2D eigenvalue weighted by Gasteiger charge is -2.15. The van der Waals surface area contributed by atoms with Crippen molar-refractivity contribution in [2.75, 3.05) is 20.8 Å². The van der Waals surface area contributed by atoms with Crippen LogP contribution < -0.4 is 20.1 Å². The molecule has 0 aliphatic heterocycles. The molecule has 0 aliphatic carbocycles. The van der Waals surface area contributed by atoms with E-state index in [0.29, 0.717) is 13.1 Å². The van der Waals surface area contributed by atoms with Gasteiger partial charge in [-0.1, -0.05) is 19.9 Å². The molecule has 2 N–H and O–H groups in total. The molecular formula is C16H26N2O3. The van der Waals surface area contributed by atoms with Crippen LogP contribution >= 0.6 is 0 Å². The normalized spacial score (nSPS) is 10.5. The topological polar surface area (TPSA) is 59.6 Å². The Hall–Kier alpha value is -1.75. The Morgan fingerprint density at radius 2 is 1.90 bits per heavy atom. The summed E-state index contributed by atoms with van der Waals surface area (Å²) < 4.78 is 10.5. The van der Waals surface area contributed by atoms with Gasteiger partial charge < -0.3 is 20.1 Å². The molecular weight excluding hydrogens is 268 g/mol. The van der Waals surface area contributed by atoms with Crippen LogP contribution in [0.3, 0.4) is 0 Å². The largest absolute Gasteiger partial charge is 0.497 e. The molecule has 0 atom stereocenters. The zero-order chi connectivity index (χ0) is 15.7. The Balaban J connectivity index is 2.47. The standard InChI is InChI=1S/C16H26N2O3/c1-5-13(6-2)18-16(19)11-17-10-12-7-8-14(20-3)9-15(12)21-4/h7-9,13,17H,5-6,10-11H2,1-4H3,(H,18,19). The van der Waals surface area contributed by atoms with E-state index in [2.05, 4.69) is 24.5 Å². The minimum atomic E-state index is 0.0242. The lowest BCUT2D eigenvalue weighted by molar-refractivity contribution is -0.121. The summed E-state index contributed by atoms with van der Waals surface area (Å²) in [7, 11) is 3.24. The minimum absolute atomic E-state index is 0.0242. The number of ether oxygens (including phenoxy) is 2. The molecule has 0 unspecified atom stereocenters. The van der Waals surface area contributed by atoms with Crippen molar-refractivity contribution in [2.24, 2.45) is 0 Å². The van der Waals surface area contributed by atoms with E-state index in [1.54, 1.807) is 14.2 Å². The van der Waals surface area contributed by atoms with Crippen LogP contribution in [-0.2, 0) is 11.3 Å². The molecule has 0 heterocycles. The first-order valence-corrected chi connectivity index (χ1v) is 7.35. The van der Waals surface area contributed by atoms with Crippen LogP contribution in [0.25, 0.3) is 0 Å². The summed E-state index contributed by atoms with van der Waals surface area (Å²) in [4.78, 5) is 11.8. The van der Waals surface area contributed by atoms with E-state index in [1.165, 1.54) is 0 Å². The summed E-state index contributed by atoms with van der Waals surface area (Å²) in [6.45, 7) is 5.02. The molecule has 0 radical (unpaired) electrons. The lowest BCUT2D eigenvalue weighted by Crippen LogP contribution is -2.39. The molecule has 0 spiro atoms. The second kappa shape index (κ2) is 9.23. The fraction of sp³-hybridized carbons (Fsp3) is 0.562. The monoisotopic (exact) mass is 294 g/mol. The van der Waals surface area contributed by atoms with E-state index in [0.717, 1.165) is 29.9 Å². The first kappa shape index (κ1) is 17.3. The van der Waals surface area contributed by atoms with Gasteiger partial charge in [0, 0.05) is 24.2 Å². The Morgan fingerprint density at radius 1 is 1.19 bits per heavy atom. The fourth-order valence-corrected chi connectivity index (χ4v) is 2.08. The Labute approximate surface area is 127 Å². The van der Waals surface area contributed by atoms with Gasteiger partial charge in [-0.25, -0.2) is 0 Å². The first-order valence-electron chi connectivity index (χ1n) is 7.35. The fourth-order valence-electron chi connectivity index (χ4n) is 2.08. The Bertz CT molecular complexity index is 445. The summed E-state index contributed by atoms with van der Waals surface area (Å²) in [5, 5.41) is 6.13. The van der Waals surface area contributed by atoms with Crippen molar-refractivity contribution < 1.29 is 14.3 Å². The van der Waals surface area contributed by atoms with E-state index in [1.807, 2.05) is 18.2 Å². The van der Waals surface area contributed by atoms with Crippen molar-refractivity contribution in [3.05, 3.63) is 23.8 Å². The maximum absolute atomic E-state index is 11.8. The molecule has 1 amide bonds. The molecule has 1 aromatic carbocycles. The zero-order valence-electron chi connectivity index (χ0n) is 13.4. The summed E-state index contributed by atoms with van der Waals surface area (Å²) >= 11 is 0. The number of amides is 1. The molecule has 0 aliphatic rings. The van der Waals surface area contributed by atoms with E-state index in [9.17, 15) is 4.79 Å². The highest BCUT2D eigenvalue weighted by atomic mass is 16.5. The number of benzene rings is 1. The van der Waals surface area contributed by atoms with E-state index >= 15 is 0 Å². The summed E-state index contributed by atoms with van der Waals surface area (Å²) in [6, 6.07) is 5.91. The third-order valence-corrected chi connectivity index (χ3v) is 3.45. The number of rotatable bonds is 9. The summed E-state index contributed by atoms with van der Waals surface area (Å²) in [6.07, 6.45) is 1.91. The van der Waals surface area contributed by atoms with Crippen LogP contribution in [0.2, 0.25) is 0 Å². The molecule has 0 aromatic heterocycles. The van der Waals surface area contributed by atoms with E-state index in [4.69, 9.17) is 9.47 Å². The maximum atomic E-state index is 11.8. The third-order valence-electron chi connectivity index (χ3n) is 3.45. The number of nitrogens with one attached hydrogen (secondary N) is 2. The van der Waals surface area contributed by atoms with Crippen LogP contribution in [0.1, 0.15) is 32.3 Å². The molecule has 118 valence electrons. The number of hydrogen-bond acceptors (Lipinski definition) is 4. The van der Waals surface area contributed by atoms with Gasteiger partial charge in [0.2, 0.25) is 5.91 Å². The van der Waals surface area contributed by atoms with Gasteiger partial charge in [-0.15, -0.1) is 0 Å². The van der Waals surface area contributed by atoms with Gasteiger partial charge in [0.1, 0.15) is 11.5 Å². The molecule has 21 heavy (non-hydrogen) atoms. The van der Waals surface area contributed by atoms with Gasteiger partial charge in [-0.3, -0.25) is 4.79 Å². The summed E-state index contributed by atoms with van der Waals surface area (Å²) in [5.41, 5.74) is 0.994. The van der Waals surface area contributed by atoms with Crippen molar-refractivity contribution in [1.82, 2.24) is 10.6 Å². The first-order chi connectivity index (χ1) is 10.1. The number of carbonyl (C=O) groups is 1. The zero-order valence-corrected chi connectivity index (χ0v) is 13.4. The van der Waals surface area contributed by atoms with Crippen LogP contribution in [0, 0.1) is 0 Å². The van der Waals surface area contributed by atoms with Gasteiger partial charge >= 0.3 is 0 Å². The van der Waals surface area contributed by atoms with E-state index in [-0.39, 0.29) is 11.9 Å². The van der Waals surface area contributed by atoms with Crippen LogP contribution in [-0.4, -0.2) is 32.7 Å². The smallest absolute Gasteiger partial charge is 0.234 e. The van der Waals surface area contributed by atoms with Crippen molar-refractivity contribution in [1.29, 1.82) is 0 Å². The number of methoxy groups -OCH3 is 2. The molecule has 1 aromatic rings. The molecule has 5 heteroatoms. The van der Waals surface area contributed by atoms with Crippen molar-refractivity contribution >= 4 is 5.91 Å². The number of hydrogen-bond donors (Lipinski definition) is 2. The second-order valence-electron chi connectivity index (χ2n) is 4.86. The predicted octanol–water partition coefficient (Wildman–Crippen LogP) is 2.10. The van der Waals surface area contributed by atoms with E-state index < -0.39 is 0 Å². The molecule has 0 bridgehead atoms. The Kier molecular flexibility index (Phi) is 7.61. The average Bonchev–Trinajstić information content (AvgIpc) is 2.52. The third kappa shape index (κ3) is 5.63. The van der Waals surface area contributed by atoms with Crippen molar-refractivity contribution in [3.63, 3.8) is 0 Å². The minimum Gasteiger partial charge on any atom is -0.497 e. The number of carbonyl (C=O) groups excluding carboxylic acids is 1. The Morgan fingerprint density at radius 3 is 2.48 bits per heavy atom. The molecule has 0 saturated carbocycles. The van der Waals surface area contributed by atoms with Crippen LogP contribution in [0.5, 0.6) is 11.5 Å². The van der Waals surface area contributed by atoms with Gasteiger partial charge in [-0.2, -0.15) is 0 Å². The quantitative estimate of drug-likeness (QED) is 0.732. The van der Waals surface area contributed by atoms with Crippen LogP contribution in [0.4, 0.5) is 0 Å². The SMILES string of the molecule is CCC(CC)NC(=O)CNCc1ccc(OC)cc1OC. The highest BCUT2D eigenvalue weighted by molar-refractivity contribution is 5.78. The second-order valence-corrected chi connectivity index (χ2v) is 4.86. The molecule has 0 fully saturated rings. The van der Waals surface area contributed by atoms with Crippen LogP contribution in [0.15, 0.2) is 18.2 Å². The highest BCUT2D eigenvalue weighted by Crippen LogP contribution is 2.24. The molecule has 5 nitrogen and oxygen atoms in total. The molecule has 1 rings (SSSR count). The predicted molar refractivity (Wildman–Crippen MR) is 83.8 cm³/mol. The maximum Gasteiger partial charge on any atom is 0.234 e. The lowest BCUT2D eigenvalue weighted by atomic mass is 10.1. The van der Waals surface area contributed by atoms with Gasteiger partial charge in [-0.05, 0) is 18.9 Å². The summed E-state index contributed by atoms with van der Waals surface area (Å²) in [5.74, 6) is 1.53. The van der Waals surface area contributed by atoms with Gasteiger partial charge in [0.15, 0.2) is 0 Å². The highest BCUT2D eigenvalue weighted by Gasteiger charge is 2.09. The van der Waals surface area contributed by atoms with Crippen molar-refractivity contribution in [2.45, 2.75) is 39.3 Å². The van der Waals surface area contributed by atoms with Gasteiger partial charge in [0.05, 0.1) is 20.8 Å².